The molecule has 20 heavy (non-hydrogen) atoms. The lowest BCUT2D eigenvalue weighted by molar-refractivity contribution is -0.131. The zero-order valence-electron chi connectivity index (χ0n) is 12.6. The van der Waals surface area contributed by atoms with Gasteiger partial charge >= 0.3 is 0 Å². The van der Waals surface area contributed by atoms with Crippen LogP contribution in [0.5, 0.6) is 0 Å². The van der Waals surface area contributed by atoms with Gasteiger partial charge in [-0.15, -0.1) is 0 Å². The van der Waals surface area contributed by atoms with Crippen molar-refractivity contribution in [2.45, 2.75) is 38.6 Å². The van der Waals surface area contributed by atoms with E-state index in [1.54, 1.807) is 14.1 Å². The van der Waals surface area contributed by atoms with Crippen LogP contribution < -0.4 is 5.32 Å². The number of rotatable bonds is 7. The minimum absolute atomic E-state index is 0.0166. The monoisotopic (exact) mass is 276 g/mol. The van der Waals surface area contributed by atoms with Gasteiger partial charge in [0.2, 0.25) is 11.8 Å². The maximum Gasteiger partial charge on any atom is 0.222 e. The Morgan fingerprint density at radius 1 is 1.15 bits per heavy atom. The van der Waals surface area contributed by atoms with Gasteiger partial charge in [0.05, 0.1) is 0 Å². The number of nitrogens with one attached hydrogen (secondary N) is 1. The van der Waals surface area contributed by atoms with Crippen LogP contribution in [0.2, 0.25) is 0 Å². The van der Waals surface area contributed by atoms with Crippen molar-refractivity contribution < 1.29 is 9.59 Å². The number of amides is 2. The van der Waals surface area contributed by atoms with E-state index >= 15 is 0 Å². The van der Waals surface area contributed by atoms with Gasteiger partial charge in [0, 0.05) is 33.0 Å². The molecule has 0 unspecified atom stereocenters. The second-order valence-corrected chi connectivity index (χ2v) is 5.28. The molecule has 0 saturated carbocycles. The van der Waals surface area contributed by atoms with Gasteiger partial charge in [-0.3, -0.25) is 9.59 Å². The summed E-state index contributed by atoms with van der Waals surface area (Å²) in [7, 11) is 3.39. The Hall–Kier alpha value is -1.84. The summed E-state index contributed by atoms with van der Waals surface area (Å²) in [5, 5.41) is 2.93. The van der Waals surface area contributed by atoms with Crippen molar-refractivity contribution in [2.75, 3.05) is 14.1 Å². The van der Waals surface area contributed by atoms with Crippen LogP contribution in [0, 0.1) is 0 Å². The number of aryl methyl sites for hydroxylation is 1. The number of carbonyl (C=O) groups excluding carboxylic acids is 2. The highest BCUT2D eigenvalue weighted by Gasteiger charge is 2.11. The molecule has 0 aliphatic heterocycles. The van der Waals surface area contributed by atoms with E-state index in [-0.39, 0.29) is 30.7 Å². The zero-order chi connectivity index (χ0) is 15.0. The highest BCUT2D eigenvalue weighted by atomic mass is 16.2. The molecular formula is C16H24N2O2. The van der Waals surface area contributed by atoms with Crippen LogP contribution in [0.1, 0.15) is 31.7 Å². The van der Waals surface area contributed by atoms with E-state index in [1.165, 1.54) is 10.5 Å². The van der Waals surface area contributed by atoms with Gasteiger partial charge in [-0.1, -0.05) is 30.3 Å². The maximum atomic E-state index is 11.7. The third-order valence-corrected chi connectivity index (χ3v) is 3.18. The summed E-state index contributed by atoms with van der Waals surface area (Å²) >= 11 is 0. The first-order valence-corrected chi connectivity index (χ1v) is 7.02. The van der Waals surface area contributed by atoms with E-state index in [4.69, 9.17) is 0 Å². The molecule has 110 valence electrons. The Balaban J connectivity index is 2.23. The average molecular weight is 276 g/mol. The summed E-state index contributed by atoms with van der Waals surface area (Å²) < 4.78 is 0. The normalized spacial score (nSPS) is 11.8. The van der Waals surface area contributed by atoms with Crippen LogP contribution in [0.4, 0.5) is 0 Å². The lowest BCUT2D eigenvalue weighted by Crippen LogP contribution is -2.33. The first-order valence-electron chi connectivity index (χ1n) is 7.02. The van der Waals surface area contributed by atoms with Gasteiger partial charge in [-0.2, -0.15) is 0 Å². The van der Waals surface area contributed by atoms with Gasteiger partial charge in [-0.05, 0) is 25.3 Å². The zero-order valence-corrected chi connectivity index (χ0v) is 12.6. The van der Waals surface area contributed by atoms with Crippen molar-refractivity contribution in [1.82, 2.24) is 10.2 Å². The molecule has 0 aliphatic rings. The molecule has 0 fully saturated rings. The predicted octanol–water partition coefficient (Wildman–Crippen LogP) is 1.99. The van der Waals surface area contributed by atoms with Crippen LogP contribution in [-0.4, -0.2) is 36.9 Å². The summed E-state index contributed by atoms with van der Waals surface area (Å²) in [5.74, 6) is -0.0714. The molecule has 0 aromatic heterocycles. The van der Waals surface area contributed by atoms with Crippen molar-refractivity contribution in [3.63, 3.8) is 0 Å². The number of hydrogen-bond acceptors (Lipinski definition) is 2. The highest BCUT2D eigenvalue weighted by molar-refractivity contribution is 5.83. The molecule has 1 rings (SSSR count). The molecule has 4 heteroatoms. The van der Waals surface area contributed by atoms with E-state index in [9.17, 15) is 9.59 Å². The Bertz CT molecular complexity index is 429. The van der Waals surface area contributed by atoms with Gasteiger partial charge in [0.25, 0.3) is 0 Å². The third-order valence-electron chi connectivity index (χ3n) is 3.18. The summed E-state index contributed by atoms with van der Waals surface area (Å²) in [6.07, 6.45) is 2.37. The molecule has 0 saturated heterocycles. The van der Waals surface area contributed by atoms with Crippen LogP contribution in [0.3, 0.4) is 0 Å². The largest absolute Gasteiger partial charge is 0.354 e. The first-order chi connectivity index (χ1) is 9.49. The minimum Gasteiger partial charge on any atom is -0.354 e. The van der Waals surface area contributed by atoms with Crippen molar-refractivity contribution in [3.05, 3.63) is 35.9 Å². The average Bonchev–Trinajstić information content (AvgIpc) is 2.43. The Morgan fingerprint density at radius 3 is 2.40 bits per heavy atom. The van der Waals surface area contributed by atoms with Crippen molar-refractivity contribution >= 4 is 11.8 Å². The molecule has 0 bridgehead atoms. The molecule has 0 aliphatic carbocycles. The van der Waals surface area contributed by atoms with Crippen molar-refractivity contribution in [3.8, 4) is 0 Å². The van der Waals surface area contributed by atoms with E-state index in [0.29, 0.717) is 0 Å². The van der Waals surface area contributed by atoms with Crippen molar-refractivity contribution in [1.29, 1.82) is 0 Å². The lowest BCUT2D eigenvalue weighted by atomic mass is 10.1. The molecule has 1 N–H and O–H groups in total. The standard InChI is InChI=1S/C16H24N2O2/c1-13(9-10-14-7-5-4-6-8-14)17-15(19)11-12-16(20)18(2)3/h4-8,13H,9-12H2,1-3H3,(H,17,19)/t13-/m1/s1. The fourth-order valence-electron chi connectivity index (χ4n) is 1.89. The Labute approximate surface area is 121 Å². The fourth-order valence-corrected chi connectivity index (χ4v) is 1.89. The Kier molecular flexibility index (Phi) is 6.77. The maximum absolute atomic E-state index is 11.7. The molecular weight excluding hydrogens is 252 g/mol. The Morgan fingerprint density at radius 2 is 1.80 bits per heavy atom. The fraction of sp³-hybridized carbons (Fsp3) is 0.500. The van der Waals surface area contributed by atoms with Crippen LogP contribution in [-0.2, 0) is 16.0 Å². The molecule has 1 atom stereocenters. The number of benzene rings is 1. The van der Waals surface area contributed by atoms with E-state index < -0.39 is 0 Å². The molecule has 0 heterocycles. The van der Waals surface area contributed by atoms with Crippen LogP contribution >= 0.6 is 0 Å². The smallest absolute Gasteiger partial charge is 0.222 e. The van der Waals surface area contributed by atoms with Crippen LogP contribution in [0.15, 0.2) is 30.3 Å². The second kappa shape index (κ2) is 8.35. The number of hydrogen-bond donors (Lipinski definition) is 1. The summed E-state index contributed by atoms with van der Waals surface area (Å²) in [5.41, 5.74) is 1.27. The summed E-state index contributed by atoms with van der Waals surface area (Å²) in [6, 6.07) is 10.3. The van der Waals surface area contributed by atoms with Gasteiger partial charge < -0.3 is 10.2 Å². The molecule has 2 amide bonds. The van der Waals surface area contributed by atoms with Gasteiger partial charge in [0.15, 0.2) is 0 Å². The first kappa shape index (κ1) is 16.2. The lowest BCUT2D eigenvalue weighted by Gasteiger charge is -2.14. The molecule has 0 radical (unpaired) electrons. The molecule has 1 aromatic rings. The summed E-state index contributed by atoms with van der Waals surface area (Å²) in [6.45, 7) is 1.99. The van der Waals surface area contributed by atoms with E-state index in [2.05, 4.69) is 17.4 Å². The molecule has 4 nitrogen and oxygen atoms in total. The van der Waals surface area contributed by atoms with E-state index in [1.807, 2.05) is 25.1 Å². The SMILES string of the molecule is C[C@H](CCc1ccccc1)NC(=O)CCC(=O)N(C)C. The molecule has 1 aromatic carbocycles. The highest BCUT2D eigenvalue weighted by Crippen LogP contribution is 2.05. The van der Waals surface area contributed by atoms with Crippen LogP contribution in [0.25, 0.3) is 0 Å². The van der Waals surface area contributed by atoms with Crippen molar-refractivity contribution in [2.24, 2.45) is 0 Å². The van der Waals surface area contributed by atoms with E-state index in [0.717, 1.165) is 12.8 Å². The number of nitrogens with zero attached hydrogens (tertiary/aromatic N) is 1. The quantitative estimate of drug-likeness (QED) is 0.828. The number of carbonyl (C=O) groups is 2. The summed E-state index contributed by atoms with van der Waals surface area (Å²) in [4.78, 5) is 24.6. The second-order valence-electron chi connectivity index (χ2n) is 5.28. The van der Waals surface area contributed by atoms with Gasteiger partial charge in [0.1, 0.15) is 0 Å². The van der Waals surface area contributed by atoms with Gasteiger partial charge in [-0.25, -0.2) is 0 Å². The predicted molar refractivity (Wildman–Crippen MR) is 80.3 cm³/mol. The topological polar surface area (TPSA) is 49.4 Å². The molecule has 0 spiro atoms. The third kappa shape index (κ3) is 6.36. The minimum atomic E-state index is -0.0549.